The second kappa shape index (κ2) is 6.49. The van der Waals surface area contributed by atoms with E-state index < -0.39 is 27.5 Å². The summed E-state index contributed by atoms with van der Waals surface area (Å²) in [6.45, 7) is 7.49. The first-order valence-corrected chi connectivity index (χ1v) is 10.2. The number of hydrogen-bond donors (Lipinski definition) is 0. The standard InChI is InChI=1S/C18H25FN2O4S/c1-12-6-5-7-15(19)16(12)26(23,24)21-13-8-9-14(21)11-20(10-13)17(22)25-18(2,3)4/h5-7,13-14H,8-11H2,1-4H3. The van der Waals surface area contributed by atoms with E-state index in [4.69, 9.17) is 4.74 Å². The Morgan fingerprint density at radius 3 is 2.27 bits per heavy atom. The van der Waals surface area contributed by atoms with Gasteiger partial charge in [-0.25, -0.2) is 17.6 Å². The van der Waals surface area contributed by atoms with E-state index in [1.165, 1.54) is 16.4 Å². The van der Waals surface area contributed by atoms with Crippen molar-refractivity contribution in [1.82, 2.24) is 9.21 Å². The van der Waals surface area contributed by atoms with Gasteiger partial charge in [0.25, 0.3) is 0 Å². The third-order valence-corrected chi connectivity index (χ3v) is 6.95. The summed E-state index contributed by atoms with van der Waals surface area (Å²) in [7, 11) is -3.96. The van der Waals surface area contributed by atoms with Gasteiger partial charge in [0.1, 0.15) is 16.3 Å². The van der Waals surface area contributed by atoms with Crippen molar-refractivity contribution in [1.29, 1.82) is 0 Å². The van der Waals surface area contributed by atoms with E-state index in [-0.39, 0.29) is 30.1 Å². The van der Waals surface area contributed by atoms with Crippen LogP contribution in [0.4, 0.5) is 9.18 Å². The fourth-order valence-electron chi connectivity index (χ4n) is 3.78. The predicted molar refractivity (Wildman–Crippen MR) is 94.8 cm³/mol. The van der Waals surface area contributed by atoms with Gasteiger partial charge in [0, 0.05) is 25.2 Å². The van der Waals surface area contributed by atoms with E-state index in [0.29, 0.717) is 18.4 Å². The molecule has 2 aliphatic heterocycles. The van der Waals surface area contributed by atoms with Crippen LogP contribution in [0.5, 0.6) is 0 Å². The molecule has 0 saturated carbocycles. The van der Waals surface area contributed by atoms with Crippen molar-refractivity contribution in [3.05, 3.63) is 29.6 Å². The summed E-state index contributed by atoms with van der Waals surface area (Å²) in [4.78, 5) is 13.6. The van der Waals surface area contributed by atoms with Crippen LogP contribution in [-0.2, 0) is 14.8 Å². The highest BCUT2D eigenvalue weighted by Crippen LogP contribution is 2.37. The Morgan fingerprint density at radius 1 is 1.19 bits per heavy atom. The van der Waals surface area contributed by atoms with Crippen LogP contribution in [0.1, 0.15) is 39.2 Å². The molecule has 1 aromatic rings. The molecule has 1 amide bonds. The van der Waals surface area contributed by atoms with Crippen molar-refractivity contribution < 1.29 is 22.3 Å². The molecular formula is C18H25FN2O4S. The highest BCUT2D eigenvalue weighted by atomic mass is 32.2. The smallest absolute Gasteiger partial charge is 0.410 e. The van der Waals surface area contributed by atoms with Gasteiger partial charge in [-0.1, -0.05) is 12.1 Å². The topological polar surface area (TPSA) is 66.9 Å². The number of halogens is 1. The van der Waals surface area contributed by atoms with Crippen molar-refractivity contribution in [3.8, 4) is 0 Å². The number of fused-ring (bicyclic) bond motifs is 2. The number of piperazine rings is 1. The summed E-state index contributed by atoms with van der Waals surface area (Å²) < 4.78 is 47.4. The van der Waals surface area contributed by atoms with E-state index in [0.717, 1.165) is 0 Å². The molecule has 26 heavy (non-hydrogen) atoms. The lowest BCUT2D eigenvalue weighted by atomic mass is 10.2. The molecule has 2 atom stereocenters. The molecule has 2 saturated heterocycles. The number of amides is 1. The normalized spacial score (nSPS) is 24.0. The number of aryl methyl sites for hydroxylation is 1. The zero-order valence-electron chi connectivity index (χ0n) is 15.5. The monoisotopic (exact) mass is 384 g/mol. The molecule has 6 nitrogen and oxygen atoms in total. The highest BCUT2D eigenvalue weighted by molar-refractivity contribution is 7.89. The quantitative estimate of drug-likeness (QED) is 0.786. The van der Waals surface area contributed by atoms with Crippen molar-refractivity contribution in [2.24, 2.45) is 0 Å². The fourth-order valence-corrected chi connectivity index (χ4v) is 5.91. The van der Waals surface area contributed by atoms with Crippen molar-refractivity contribution >= 4 is 16.1 Å². The first kappa shape index (κ1) is 19.1. The molecule has 0 spiro atoms. The maximum atomic E-state index is 14.3. The summed E-state index contributed by atoms with van der Waals surface area (Å²) in [5.41, 5.74) is -0.220. The van der Waals surface area contributed by atoms with Crippen LogP contribution in [0.3, 0.4) is 0 Å². The first-order valence-electron chi connectivity index (χ1n) is 8.77. The molecule has 2 aliphatic rings. The minimum absolute atomic E-state index is 0.261. The minimum Gasteiger partial charge on any atom is -0.444 e. The molecule has 2 bridgehead atoms. The van der Waals surface area contributed by atoms with Gasteiger partial charge < -0.3 is 9.64 Å². The van der Waals surface area contributed by atoms with Crippen molar-refractivity contribution in [2.45, 2.75) is 63.1 Å². The number of rotatable bonds is 2. The lowest BCUT2D eigenvalue weighted by Gasteiger charge is -2.40. The van der Waals surface area contributed by atoms with E-state index >= 15 is 0 Å². The maximum Gasteiger partial charge on any atom is 0.410 e. The van der Waals surface area contributed by atoms with Crippen LogP contribution >= 0.6 is 0 Å². The van der Waals surface area contributed by atoms with Crippen molar-refractivity contribution in [2.75, 3.05) is 13.1 Å². The number of nitrogens with zero attached hydrogens (tertiary/aromatic N) is 2. The SMILES string of the molecule is Cc1cccc(F)c1S(=O)(=O)N1C2CCC1CN(C(=O)OC(C)(C)C)C2. The maximum absolute atomic E-state index is 14.3. The Balaban J connectivity index is 1.86. The van der Waals surface area contributed by atoms with E-state index in [1.54, 1.807) is 38.7 Å². The third-order valence-electron chi connectivity index (χ3n) is 4.77. The Kier molecular flexibility index (Phi) is 4.77. The van der Waals surface area contributed by atoms with Gasteiger partial charge in [-0.3, -0.25) is 0 Å². The summed E-state index contributed by atoms with van der Waals surface area (Å²) in [5, 5.41) is 0. The number of carbonyl (C=O) groups excluding carboxylic acids is 1. The molecular weight excluding hydrogens is 359 g/mol. The van der Waals surface area contributed by atoms with Crippen LogP contribution in [0.2, 0.25) is 0 Å². The first-order chi connectivity index (χ1) is 12.0. The number of hydrogen-bond acceptors (Lipinski definition) is 4. The van der Waals surface area contributed by atoms with E-state index in [2.05, 4.69) is 0 Å². The predicted octanol–water partition coefficient (Wildman–Crippen LogP) is 2.91. The van der Waals surface area contributed by atoms with Crippen molar-refractivity contribution in [3.63, 3.8) is 0 Å². The van der Waals surface area contributed by atoms with Crippen LogP contribution in [0.15, 0.2) is 23.1 Å². The molecule has 1 aromatic carbocycles. The number of ether oxygens (including phenoxy) is 1. The molecule has 2 heterocycles. The van der Waals surface area contributed by atoms with Gasteiger partial charge in [0.2, 0.25) is 10.0 Å². The van der Waals surface area contributed by atoms with Gasteiger partial charge in [0.15, 0.2) is 0 Å². The molecule has 0 radical (unpaired) electrons. The fraction of sp³-hybridized carbons (Fsp3) is 0.611. The van der Waals surface area contributed by atoms with Gasteiger partial charge in [-0.05, 0) is 52.2 Å². The van der Waals surface area contributed by atoms with E-state index in [9.17, 15) is 17.6 Å². The largest absolute Gasteiger partial charge is 0.444 e. The Labute approximate surface area is 154 Å². The zero-order chi connectivity index (χ0) is 19.3. The van der Waals surface area contributed by atoms with Crippen LogP contribution < -0.4 is 0 Å². The zero-order valence-corrected chi connectivity index (χ0v) is 16.3. The summed E-state index contributed by atoms with van der Waals surface area (Å²) >= 11 is 0. The van der Waals surface area contributed by atoms with Crippen LogP contribution in [-0.4, -0.2) is 54.5 Å². The van der Waals surface area contributed by atoms with E-state index in [1.807, 2.05) is 0 Å². The lowest BCUT2D eigenvalue weighted by molar-refractivity contribution is 0.0120. The third kappa shape index (κ3) is 3.44. The van der Waals surface area contributed by atoms with Crippen LogP contribution in [0.25, 0.3) is 0 Å². The summed E-state index contributed by atoms with van der Waals surface area (Å²) in [5.74, 6) is -0.737. The molecule has 8 heteroatoms. The number of benzene rings is 1. The molecule has 0 aliphatic carbocycles. The summed E-state index contributed by atoms with van der Waals surface area (Å²) in [6.07, 6.45) is 0.862. The molecule has 0 aromatic heterocycles. The number of likely N-dealkylation sites (tertiary alicyclic amines) is 1. The van der Waals surface area contributed by atoms with Gasteiger partial charge in [0.05, 0.1) is 0 Å². The Hall–Kier alpha value is -1.67. The molecule has 0 N–H and O–H groups in total. The van der Waals surface area contributed by atoms with Gasteiger partial charge in [-0.2, -0.15) is 4.31 Å². The lowest BCUT2D eigenvalue weighted by Crippen LogP contribution is -2.57. The summed E-state index contributed by atoms with van der Waals surface area (Å²) in [6, 6.07) is 3.54. The molecule has 2 unspecified atom stereocenters. The molecule has 3 rings (SSSR count). The number of sulfonamides is 1. The Bertz CT molecular complexity index is 785. The minimum atomic E-state index is -3.96. The molecule has 2 fully saturated rings. The average Bonchev–Trinajstić information content (AvgIpc) is 2.77. The van der Waals surface area contributed by atoms with Gasteiger partial charge >= 0.3 is 6.09 Å². The average molecular weight is 384 g/mol. The second-order valence-electron chi connectivity index (χ2n) is 7.99. The van der Waals surface area contributed by atoms with Crippen LogP contribution in [0, 0.1) is 12.7 Å². The van der Waals surface area contributed by atoms with Gasteiger partial charge in [-0.15, -0.1) is 0 Å². The highest BCUT2D eigenvalue weighted by Gasteiger charge is 2.49. The second-order valence-corrected chi connectivity index (χ2v) is 9.77. The number of carbonyl (C=O) groups is 1. The Morgan fingerprint density at radius 2 is 1.77 bits per heavy atom. The molecule has 144 valence electrons.